The van der Waals surface area contributed by atoms with Crippen molar-refractivity contribution in [3.8, 4) is 0 Å². The number of aromatic nitrogens is 2. The van der Waals surface area contributed by atoms with E-state index in [0.29, 0.717) is 12.1 Å². The lowest BCUT2D eigenvalue weighted by Gasteiger charge is -2.45. The monoisotopic (exact) mass is 274 g/mol. The molecule has 1 atom stereocenters. The molecule has 2 bridgehead atoms. The molecular weight excluding hydrogens is 248 g/mol. The molecule has 20 heavy (non-hydrogen) atoms. The van der Waals surface area contributed by atoms with E-state index < -0.39 is 0 Å². The second-order valence-electron chi connectivity index (χ2n) is 6.84. The number of nitrogens with zero attached hydrogens (tertiary/aromatic N) is 3. The molecule has 1 aromatic rings. The second-order valence-corrected chi connectivity index (χ2v) is 6.84. The van der Waals surface area contributed by atoms with E-state index in [0.717, 1.165) is 11.9 Å². The minimum Gasteiger partial charge on any atom is -0.351 e. The molecule has 1 aliphatic carbocycles. The Labute approximate surface area is 121 Å². The Hall–Kier alpha value is -1.03. The lowest BCUT2D eigenvalue weighted by atomic mass is 9.84. The van der Waals surface area contributed by atoms with Gasteiger partial charge in [0.15, 0.2) is 0 Å². The molecule has 4 heterocycles. The maximum absolute atomic E-state index is 4.60. The van der Waals surface area contributed by atoms with Gasteiger partial charge in [-0.3, -0.25) is 0 Å². The number of rotatable bonds is 3. The van der Waals surface area contributed by atoms with Crippen LogP contribution in [0.3, 0.4) is 0 Å². The lowest BCUT2D eigenvalue weighted by molar-refractivity contribution is 0.0969. The highest BCUT2D eigenvalue weighted by atomic mass is 15.3. The van der Waals surface area contributed by atoms with Crippen LogP contribution in [0.25, 0.3) is 0 Å². The SMILES string of the molecule is c1cn(C2CCCCC2)c(NC2CN3CCC2CC3)n1. The molecule has 4 aliphatic rings. The number of hydrogen-bond acceptors (Lipinski definition) is 3. The topological polar surface area (TPSA) is 33.1 Å². The first-order valence-electron chi connectivity index (χ1n) is 8.42. The van der Waals surface area contributed by atoms with E-state index in [1.165, 1.54) is 64.6 Å². The summed E-state index contributed by atoms with van der Waals surface area (Å²) in [6.07, 6.45) is 13.7. The van der Waals surface area contributed by atoms with Crippen LogP contribution in [-0.2, 0) is 0 Å². The van der Waals surface area contributed by atoms with Crippen LogP contribution in [0.2, 0.25) is 0 Å². The summed E-state index contributed by atoms with van der Waals surface area (Å²) in [4.78, 5) is 7.21. The van der Waals surface area contributed by atoms with E-state index in [-0.39, 0.29) is 0 Å². The number of piperidine rings is 3. The quantitative estimate of drug-likeness (QED) is 0.920. The Bertz CT molecular complexity index is 441. The van der Waals surface area contributed by atoms with E-state index >= 15 is 0 Å². The molecule has 3 aliphatic heterocycles. The predicted octanol–water partition coefficient (Wildman–Crippen LogP) is 2.89. The van der Waals surface area contributed by atoms with Gasteiger partial charge in [0, 0.05) is 31.0 Å². The summed E-state index contributed by atoms with van der Waals surface area (Å²) in [6, 6.07) is 1.29. The largest absolute Gasteiger partial charge is 0.351 e. The second kappa shape index (κ2) is 5.40. The lowest BCUT2D eigenvalue weighted by Crippen LogP contribution is -2.53. The minimum absolute atomic E-state index is 0.613. The Morgan fingerprint density at radius 3 is 2.55 bits per heavy atom. The van der Waals surface area contributed by atoms with Crippen molar-refractivity contribution >= 4 is 5.95 Å². The summed E-state index contributed by atoms with van der Waals surface area (Å²) in [6.45, 7) is 3.82. The number of hydrogen-bond donors (Lipinski definition) is 1. The summed E-state index contributed by atoms with van der Waals surface area (Å²) in [5.41, 5.74) is 0. The van der Waals surface area contributed by atoms with Crippen molar-refractivity contribution in [1.29, 1.82) is 0 Å². The molecule has 1 N–H and O–H groups in total. The molecule has 4 fully saturated rings. The molecule has 1 unspecified atom stereocenters. The van der Waals surface area contributed by atoms with Crippen molar-refractivity contribution in [2.24, 2.45) is 5.92 Å². The van der Waals surface area contributed by atoms with Gasteiger partial charge in [-0.25, -0.2) is 4.98 Å². The molecule has 0 amide bonds. The van der Waals surface area contributed by atoms with Crippen molar-refractivity contribution in [1.82, 2.24) is 14.5 Å². The molecule has 0 radical (unpaired) electrons. The molecule has 0 spiro atoms. The van der Waals surface area contributed by atoms with Crippen molar-refractivity contribution in [2.75, 3.05) is 25.0 Å². The van der Waals surface area contributed by atoms with Gasteiger partial charge in [0.05, 0.1) is 0 Å². The van der Waals surface area contributed by atoms with Crippen LogP contribution in [0, 0.1) is 5.92 Å². The third kappa shape index (κ3) is 2.34. The fraction of sp³-hybridized carbons (Fsp3) is 0.812. The molecule has 1 saturated carbocycles. The summed E-state index contributed by atoms with van der Waals surface area (Å²) in [5, 5.41) is 3.77. The van der Waals surface area contributed by atoms with Crippen LogP contribution in [-0.4, -0.2) is 40.1 Å². The minimum atomic E-state index is 0.613. The van der Waals surface area contributed by atoms with Gasteiger partial charge in [-0.05, 0) is 44.7 Å². The van der Waals surface area contributed by atoms with Crippen LogP contribution in [0.5, 0.6) is 0 Å². The molecule has 3 saturated heterocycles. The zero-order valence-corrected chi connectivity index (χ0v) is 12.3. The normalized spacial score (nSPS) is 34.3. The van der Waals surface area contributed by atoms with Gasteiger partial charge in [0.2, 0.25) is 5.95 Å². The first kappa shape index (κ1) is 12.7. The number of imidazole rings is 1. The van der Waals surface area contributed by atoms with Crippen molar-refractivity contribution < 1.29 is 0 Å². The Kier molecular flexibility index (Phi) is 3.42. The van der Waals surface area contributed by atoms with Crippen molar-refractivity contribution in [3.63, 3.8) is 0 Å². The first-order valence-corrected chi connectivity index (χ1v) is 8.42. The molecule has 5 rings (SSSR count). The Balaban J connectivity index is 1.47. The van der Waals surface area contributed by atoms with Crippen molar-refractivity contribution in [2.45, 2.75) is 57.0 Å². The zero-order valence-electron chi connectivity index (χ0n) is 12.3. The highest BCUT2D eigenvalue weighted by Gasteiger charge is 2.34. The van der Waals surface area contributed by atoms with E-state index in [9.17, 15) is 0 Å². The molecule has 0 aromatic carbocycles. The first-order chi connectivity index (χ1) is 9.90. The average Bonchev–Trinajstić information content (AvgIpc) is 2.97. The third-order valence-electron chi connectivity index (χ3n) is 5.61. The highest BCUT2D eigenvalue weighted by Crippen LogP contribution is 2.33. The zero-order chi connectivity index (χ0) is 13.4. The van der Waals surface area contributed by atoms with Crippen LogP contribution in [0.1, 0.15) is 51.0 Å². The standard InChI is InChI=1S/C16H26N4/c1-2-4-14(5-3-1)20-11-8-17-16(20)18-15-12-19-9-6-13(15)7-10-19/h8,11,13-15H,1-7,9-10,12H2,(H,17,18). The Morgan fingerprint density at radius 2 is 1.85 bits per heavy atom. The third-order valence-corrected chi connectivity index (χ3v) is 5.61. The predicted molar refractivity (Wildman–Crippen MR) is 80.9 cm³/mol. The van der Waals surface area contributed by atoms with E-state index in [1.54, 1.807) is 0 Å². The smallest absolute Gasteiger partial charge is 0.203 e. The molecule has 4 heteroatoms. The molecule has 110 valence electrons. The molecule has 1 aromatic heterocycles. The fourth-order valence-corrected chi connectivity index (χ4v) is 4.37. The maximum Gasteiger partial charge on any atom is 0.203 e. The van der Waals surface area contributed by atoms with Crippen LogP contribution in [0.15, 0.2) is 12.4 Å². The molecule has 4 nitrogen and oxygen atoms in total. The number of fused-ring (bicyclic) bond motifs is 3. The summed E-state index contributed by atoms with van der Waals surface area (Å²) < 4.78 is 2.41. The number of nitrogens with one attached hydrogen (secondary N) is 1. The fourth-order valence-electron chi connectivity index (χ4n) is 4.37. The molecular formula is C16H26N4. The van der Waals surface area contributed by atoms with Gasteiger partial charge >= 0.3 is 0 Å². The van der Waals surface area contributed by atoms with Gasteiger partial charge in [-0.15, -0.1) is 0 Å². The summed E-state index contributed by atoms with van der Waals surface area (Å²) in [7, 11) is 0. The van der Waals surface area contributed by atoms with Gasteiger partial charge in [-0.1, -0.05) is 19.3 Å². The van der Waals surface area contributed by atoms with Gasteiger partial charge in [0.25, 0.3) is 0 Å². The van der Waals surface area contributed by atoms with E-state index in [4.69, 9.17) is 0 Å². The van der Waals surface area contributed by atoms with Crippen molar-refractivity contribution in [3.05, 3.63) is 12.4 Å². The van der Waals surface area contributed by atoms with Gasteiger partial charge < -0.3 is 14.8 Å². The van der Waals surface area contributed by atoms with E-state index in [2.05, 4.69) is 26.0 Å². The van der Waals surface area contributed by atoms with E-state index in [1.807, 2.05) is 6.20 Å². The van der Waals surface area contributed by atoms with Gasteiger partial charge in [-0.2, -0.15) is 0 Å². The van der Waals surface area contributed by atoms with Crippen LogP contribution in [0.4, 0.5) is 5.95 Å². The van der Waals surface area contributed by atoms with Crippen LogP contribution < -0.4 is 5.32 Å². The average molecular weight is 274 g/mol. The maximum atomic E-state index is 4.60. The summed E-state index contributed by atoms with van der Waals surface area (Å²) in [5.74, 6) is 1.98. The highest BCUT2D eigenvalue weighted by molar-refractivity contribution is 5.30. The summed E-state index contributed by atoms with van der Waals surface area (Å²) >= 11 is 0. The van der Waals surface area contributed by atoms with Crippen LogP contribution >= 0.6 is 0 Å². The Morgan fingerprint density at radius 1 is 1.05 bits per heavy atom. The van der Waals surface area contributed by atoms with Gasteiger partial charge in [0.1, 0.15) is 0 Å². The number of anilines is 1.